The lowest BCUT2D eigenvalue weighted by molar-refractivity contribution is 0.268. The molecule has 26 heavy (non-hydrogen) atoms. The number of rotatable bonds is 10. The Bertz CT molecular complexity index is 803. The molecular formula is C16H23N5O3S2. The number of pyridine rings is 1. The lowest BCUT2D eigenvalue weighted by Crippen LogP contribution is -2.24. The molecule has 0 aliphatic heterocycles. The molecule has 10 heteroatoms. The third-order valence-corrected chi connectivity index (χ3v) is 4.74. The SMILES string of the molecule is CCC[C@H](CO)Nc1cc(NS(C)(=O)=O)nc(SCc2ccccn2)n1. The number of aliphatic hydroxyl groups excluding tert-OH is 1. The Morgan fingerprint density at radius 3 is 2.65 bits per heavy atom. The minimum atomic E-state index is -3.46. The van der Waals surface area contributed by atoms with Crippen LogP contribution in [0.5, 0.6) is 0 Å². The topological polar surface area (TPSA) is 117 Å². The van der Waals surface area contributed by atoms with E-state index in [0.29, 0.717) is 16.7 Å². The number of aliphatic hydroxyl groups is 1. The molecular weight excluding hydrogens is 374 g/mol. The second-order valence-corrected chi connectivity index (χ2v) is 8.41. The largest absolute Gasteiger partial charge is 0.394 e. The molecule has 0 amide bonds. The zero-order valence-corrected chi connectivity index (χ0v) is 16.3. The molecule has 0 radical (unpaired) electrons. The van der Waals surface area contributed by atoms with E-state index in [1.165, 1.54) is 17.8 Å². The molecule has 0 saturated heterocycles. The summed E-state index contributed by atoms with van der Waals surface area (Å²) in [6.45, 7) is 1.98. The lowest BCUT2D eigenvalue weighted by Gasteiger charge is -2.17. The molecule has 3 N–H and O–H groups in total. The van der Waals surface area contributed by atoms with Crippen molar-refractivity contribution < 1.29 is 13.5 Å². The Hall–Kier alpha value is -1.91. The van der Waals surface area contributed by atoms with E-state index in [0.717, 1.165) is 24.8 Å². The molecule has 0 unspecified atom stereocenters. The predicted octanol–water partition coefficient (Wildman–Crippen LogP) is 2.11. The van der Waals surface area contributed by atoms with Crippen LogP contribution in [0.2, 0.25) is 0 Å². The van der Waals surface area contributed by atoms with Gasteiger partial charge in [-0.05, 0) is 18.6 Å². The fourth-order valence-electron chi connectivity index (χ4n) is 2.19. The summed E-state index contributed by atoms with van der Waals surface area (Å²) < 4.78 is 25.4. The van der Waals surface area contributed by atoms with Crippen molar-refractivity contribution in [1.82, 2.24) is 15.0 Å². The summed E-state index contributed by atoms with van der Waals surface area (Å²) in [7, 11) is -3.46. The highest BCUT2D eigenvalue weighted by Gasteiger charge is 2.12. The van der Waals surface area contributed by atoms with Crippen LogP contribution in [0, 0.1) is 0 Å². The van der Waals surface area contributed by atoms with Crippen molar-refractivity contribution in [1.29, 1.82) is 0 Å². The van der Waals surface area contributed by atoms with Gasteiger partial charge in [-0.3, -0.25) is 9.71 Å². The molecule has 0 aliphatic rings. The van der Waals surface area contributed by atoms with Gasteiger partial charge in [0.1, 0.15) is 11.6 Å². The molecule has 2 aromatic rings. The molecule has 142 valence electrons. The Balaban J connectivity index is 2.21. The summed E-state index contributed by atoms with van der Waals surface area (Å²) >= 11 is 1.35. The Morgan fingerprint density at radius 2 is 2.04 bits per heavy atom. The van der Waals surface area contributed by atoms with Gasteiger partial charge in [0.05, 0.1) is 24.6 Å². The fourth-order valence-corrected chi connectivity index (χ4v) is 3.45. The Kier molecular flexibility index (Phi) is 7.61. The van der Waals surface area contributed by atoms with Crippen molar-refractivity contribution in [2.75, 3.05) is 22.9 Å². The van der Waals surface area contributed by atoms with Gasteiger partial charge in [0.2, 0.25) is 10.0 Å². The van der Waals surface area contributed by atoms with Gasteiger partial charge in [0, 0.05) is 18.0 Å². The quantitative estimate of drug-likeness (QED) is 0.412. The van der Waals surface area contributed by atoms with Gasteiger partial charge < -0.3 is 10.4 Å². The second-order valence-electron chi connectivity index (χ2n) is 5.72. The van der Waals surface area contributed by atoms with Gasteiger partial charge in [-0.15, -0.1) is 0 Å². The summed E-state index contributed by atoms with van der Waals surface area (Å²) in [5.41, 5.74) is 0.872. The normalized spacial score (nSPS) is 12.6. The highest BCUT2D eigenvalue weighted by Crippen LogP contribution is 2.23. The molecule has 2 heterocycles. The number of hydrogen-bond donors (Lipinski definition) is 3. The third-order valence-electron chi connectivity index (χ3n) is 3.28. The van der Waals surface area contributed by atoms with Gasteiger partial charge in [0.25, 0.3) is 0 Å². The van der Waals surface area contributed by atoms with Gasteiger partial charge in [-0.1, -0.05) is 31.2 Å². The van der Waals surface area contributed by atoms with E-state index in [1.54, 1.807) is 6.20 Å². The van der Waals surface area contributed by atoms with Crippen molar-refractivity contribution in [3.8, 4) is 0 Å². The van der Waals surface area contributed by atoms with E-state index in [-0.39, 0.29) is 18.5 Å². The minimum Gasteiger partial charge on any atom is -0.394 e. The zero-order valence-electron chi connectivity index (χ0n) is 14.7. The summed E-state index contributed by atoms with van der Waals surface area (Å²) in [6.07, 6.45) is 4.45. The molecule has 0 aliphatic carbocycles. The Morgan fingerprint density at radius 1 is 1.27 bits per heavy atom. The maximum absolute atomic E-state index is 11.5. The summed E-state index contributed by atoms with van der Waals surface area (Å²) in [4.78, 5) is 12.9. The van der Waals surface area contributed by atoms with Crippen LogP contribution in [-0.4, -0.2) is 47.4 Å². The number of thioether (sulfide) groups is 1. The van der Waals surface area contributed by atoms with Crippen LogP contribution in [0.25, 0.3) is 0 Å². The van der Waals surface area contributed by atoms with Crippen molar-refractivity contribution in [3.05, 3.63) is 36.2 Å². The van der Waals surface area contributed by atoms with E-state index in [1.807, 2.05) is 25.1 Å². The van der Waals surface area contributed by atoms with Crippen molar-refractivity contribution in [3.63, 3.8) is 0 Å². The Labute approximate surface area is 157 Å². The average molecular weight is 398 g/mol. The van der Waals surface area contributed by atoms with E-state index in [2.05, 4.69) is 25.0 Å². The third kappa shape index (κ3) is 7.14. The molecule has 0 spiro atoms. The number of sulfonamides is 1. The molecule has 2 rings (SSSR count). The van der Waals surface area contributed by atoms with Gasteiger partial charge >= 0.3 is 0 Å². The highest BCUT2D eigenvalue weighted by atomic mass is 32.2. The first-order valence-corrected chi connectivity index (χ1v) is 11.0. The molecule has 1 atom stereocenters. The van der Waals surface area contributed by atoms with Gasteiger partial charge in [0.15, 0.2) is 5.16 Å². The van der Waals surface area contributed by atoms with Crippen molar-refractivity contribution in [2.24, 2.45) is 0 Å². The second kappa shape index (κ2) is 9.70. The van der Waals surface area contributed by atoms with E-state index in [4.69, 9.17) is 0 Å². The molecule has 8 nitrogen and oxygen atoms in total. The van der Waals surface area contributed by atoms with Gasteiger partial charge in [-0.25, -0.2) is 18.4 Å². The first-order valence-electron chi connectivity index (χ1n) is 8.16. The monoisotopic (exact) mass is 397 g/mol. The maximum atomic E-state index is 11.5. The molecule has 0 bridgehead atoms. The summed E-state index contributed by atoms with van der Waals surface area (Å²) in [6, 6.07) is 6.99. The number of nitrogens with one attached hydrogen (secondary N) is 2. The maximum Gasteiger partial charge on any atom is 0.230 e. The zero-order chi connectivity index (χ0) is 19.0. The molecule has 0 fully saturated rings. The smallest absolute Gasteiger partial charge is 0.230 e. The minimum absolute atomic E-state index is 0.0386. The van der Waals surface area contributed by atoms with Gasteiger partial charge in [-0.2, -0.15) is 0 Å². The van der Waals surface area contributed by atoms with E-state index >= 15 is 0 Å². The lowest BCUT2D eigenvalue weighted by atomic mass is 10.2. The van der Waals surface area contributed by atoms with E-state index < -0.39 is 10.0 Å². The first kappa shape index (κ1) is 20.4. The molecule has 0 aromatic carbocycles. The summed E-state index contributed by atoms with van der Waals surface area (Å²) in [5, 5.41) is 13.0. The average Bonchev–Trinajstić information content (AvgIpc) is 2.59. The number of anilines is 2. The van der Waals surface area contributed by atoms with Crippen LogP contribution in [0.4, 0.5) is 11.6 Å². The van der Waals surface area contributed by atoms with Crippen LogP contribution in [0.3, 0.4) is 0 Å². The van der Waals surface area contributed by atoms with E-state index in [9.17, 15) is 13.5 Å². The predicted molar refractivity (Wildman–Crippen MR) is 104 cm³/mol. The molecule has 2 aromatic heterocycles. The summed E-state index contributed by atoms with van der Waals surface area (Å²) in [5.74, 6) is 1.20. The van der Waals surface area contributed by atoms with Crippen LogP contribution in [0.15, 0.2) is 35.6 Å². The highest BCUT2D eigenvalue weighted by molar-refractivity contribution is 7.98. The van der Waals surface area contributed by atoms with Crippen LogP contribution >= 0.6 is 11.8 Å². The fraction of sp³-hybridized carbons (Fsp3) is 0.438. The van der Waals surface area contributed by atoms with Crippen molar-refractivity contribution in [2.45, 2.75) is 36.7 Å². The number of hydrogen-bond acceptors (Lipinski definition) is 8. The number of nitrogens with zero attached hydrogens (tertiary/aromatic N) is 3. The number of aromatic nitrogens is 3. The van der Waals surface area contributed by atoms with Crippen LogP contribution in [-0.2, 0) is 15.8 Å². The van der Waals surface area contributed by atoms with Crippen LogP contribution < -0.4 is 10.0 Å². The van der Waals surface area contributed by atoms with Crippen molar-refractivity contribution >= 4 is 33.4 Å². The van der Waals surface area contributed by atoms with Crippen LogP contribution in [0.1, 0.15) is 25.5 Å². The molecule has 0 saturated carbocycles. The standard InChI is InChI=1S/C16H23N5O3S2/c1-3-6-12(10-22)18-14-9-15(21-26(2,23)24)20-16(19-14)25-11-13-7-4-5-8-17-13/h4-5,7-9,12,22H,3,6,10-11H2,1-2H3,(H2,18,19,20,21)/t12-/m1/s1. The first-order chi connectivity index (χ1) is 12.4.